The number of esters is 1. The van der Waals surface area contributed by atoms with Crippen molar-refractivity contribution in [1.29, 1.82) is 0 Å². The molecule has 0 bridgehead atoms. The first-order valence-corrected chi connectivity index (χ1v) is 7.95. The van der Waals surface area contributed by atoms with Gasteiger partial charge in [0.25, 0.3) is 10.0 Å². The van der Waals surface area contributed by atoms with Gasteiger partial charge in [-0.3, -0.25) is 9.59 Å². The van der Waals surface area contributed by atoms with E-state index in [0.717, 1.165) is 15.6 Å². The zero-order valence-corrected chi connectivity index (χ0v) is 12.7. The average molecular weight is 321 g/mol. The zero-order valence-electron chi connectivity index (χ0n) is 11.0. The molecule has 0 spiro atoms. The van der Waals surface area contributed by atoms with Crippen LogP contribution in [0.25, 0.3) is 0 Å². The van der Waals surface area contributed by atoms with Crippen molar-refractivity contribution in [2.75, 3.05) is 20.2 Å². The average Bonchev–Trinajstić information content (AvgIpc) is 2.77. The maximum Gasteiger partial charge on any atom is 0.321 e. The van der Waals surface area contributed by atoms with Crippen LogP contribution in [0.4, 0.5) is 0 Å². The number of carbonyl (C=O) groups excluding carboxylic acids is 1. The van der Waals surface area contributed by atoms with Crippen molar-refractivity contribution < 1.29 is 27.9 Å². The van der Waals surface area contributed by atoms with Gasteiger partial charge in [-0.25, -0.2) is 8.42 Å². The fraction of sp³-hybridized carbons (Fsp3) is 0.455. The van der Waals surface area contributed by atoms with Crippen molar-refractivity contribution in [2.24, 2.45) is 0 Å². The molecule has 20 heavy (non-hydrogen) atoms. The maximum absolute atomic E-state index is 12.2. The topological polar surface area (TPSA) is 101 Å². The van der Waals surface area contributed by atoms with Crippen LogP contribution in [-0.2, 0) is 30.8 Å². The molecular formula is C11H15NO6S2. The van der Waals surface area contributed by atoms with E-state index in [-0.39, 0.29) is 23.8 Å². The Hall–Kier alpha value is -1.45. The minimum absolute atomic E-state index is 0.000508. The first-order valence-electron chi connectivity index (χ1n) is 5.69. The lowest BCUT2D eigenvalue weighted by Crippen LogP contribution is -2.32. The van der Waals surface area contributed by atoms with Crippen LogP contribution in [-0.4, -0.2) is 50.0 Å². The number of likely N-dealkylation sites (N-methyl/N-ethyl adjacent to an activating group) is 1. The molecule has 7 nitrogen and oxygen atoms in total. The second-order valence-corrected chi connectivity index (χ2v) is 7.30. The summed E-state index contributed by atoms with van der Waals surface area (Å²) in [4.78, 5) is 22.3. The van der Waals surface area contributed by atoms with Gasteiger partial charge in [0.2, 0.25) is 0 Å². The third-order valence-electron chi connectivity index (χ3n) is 2.28. The molecule has 1 heterocycles. The molecule has 112 valence electrons. The van der Waals surface area contributed by atoms with Crippen molar-refractivity contribution >= 4 is 33.3 Å². The minimum atomic E-state index is -3.81. The standard InChI is InChI=1S/C11H15NO6S2/c1-3-18-10(15)7-12(2)20(16,17)11-5-4-8(19-11)6-9(13)14/h4-5H,3,6-7H2,1-2H3,(H,13,14). The van der Waals surface area contributed by atoms with Gasteiger partial charge in [-0.1, -0.05) is 0 Å². The van der Waals surface area contributed by atoms with Gasteiger partial charge in [0, 0.05) is 11.9 Å². The Labute approximate surface area is 120 Å². The largest absolute Gasteiger partial charge is 0.481 e. The molecular weight excluding hydrogens is 306 g/mol. The number of thiophene rings is 1. The van der Waals surface area contributed by atoms with E-state index in [1.807, 2.05) is 0 Å². The summed E-state index contributed by atoms with van der Waals surface area (Å²) in [6.45, 7) is 1.42. The highest BCUT2D eigenvalue weighted by Crippen LogP contribution is 2.24. The Kier molecular flexibility index (Phi) is 5.66. The summed E-state index contributed by atoms with van der Waals surface area (Å²) in [7, 11) is -2.54. The second kappa shape index (κ2) is 6.82. The Morgan fingerprint density at radius 2 is 2.05 bits per heavy atom. The lowest BCUT2D eigenvalue weighted by Gasteiger charge is -2.14. The smallest absolute Gasteiger partial charge is 0.321 e. The van der Waals surface area contributed by atoms with E-state index in [0.29, 0.717) is 4.88 Å². The molecule has 1 aromatic rings. The van der Waals surface area contributed by atoms with Gasteiger partial charge in [-0.15, -0.1) is 11.3 Å². The molecule has 1 aromatic heterocycles. The maximum atomic E-state index is 12.2. The highest BCUT2D eigenvalue weighted by molar-refractivity contribution is 7.91. The van der Waals surface area contributed by atoms with E-state index >= 15 is 0 Å². The number of carbonyl (C=O) groups is 2. The predicted molar refractivity (Wildman–Crippen MR) is 72.1 cm³/mol. The van der Waals surface area contributed by atoms with E-state index in [1.165, 1.54) is 19.2 Å². The molecule has 0 atom stereocenters. The highest BCUT2D eigenvalue weighted by Gasteiger charge is 2.25. The number of sulfonamides is 1. The number of carboxylic acids is 1. The fourth-order valence-electron chi connectivity index (χ4n) is 1.37. The molecule has 0 saturated heterocycles. The van der Waals surface area contributed by atoms with Gasteiger partial charge in [0.15, 0.2) is 0 Å². The summed E-state index contributed by atoms with van der Waals surface area (Å²) in [5.74, 6) is -1.67. The van der Waals surface area contributed by atoms with Crippen LogP contribution in [0.15, 0.2) is 16.3 Å². The number of aliphatic carboxylic acids is 1. The van der Waals surface area contributed by atoms with Crippen molar-refractivity contribution in [1.82, 2.24) is 4.31 Å². The molecule has 1 rings (SSSR count). The summed E-state index contributed by atoms with van der Waals surface area (Å²) >= 11 is 0.874. The molecule has 0 fully saturated rings. The second-order valence-electron chi connectivity index (χ2n) is 3.86. The van der Waals surface area contributed by atoms with Crippen LogP contribution < -0.4 is 0 Å². The van der Waals surface area contributed by atoms with Crippen LogP contribution in [0.1, 0.15) is 11.8 Å². The van der Waals surface area contributed by atoms with E-state index < -0.39 is 22.0 Å². The monoisotopic (exact) mass is 321 g/mol. The molecule has 1 N–H and O–H groups in total. The van der Waals surface area contributed by atoms with Crippen LogP contribution in [0, 0.1) is 0 Å². The van der Waals surface area contributed by atoms with Crippen LogP contribution in [0.2, 0.25) is 0 Å². The van der Waals surface area contributed by atoms with Gasteiger partial charge in [-0.2, -0.15) is 4.31 Å². The van der Waals surface area contributed by atoms with Gasteiger partial charge in [0.05, 0.1) is 13.0 Å². The molecule has 0 aliphatic rings. The van der Waals surface area contributed by atoms with E-state index in [4.69, 9.17) is 5.11 Å². The number of rotatable bonds is 7. The van der Waals surface area contributed by atoms with Gasteiger partial charge in [0.1, 0.15) is 10.8 Å². The van der Waals surface area contributed by atoms with Crippen LogP contribution >= 0.6 is 11.3 Å². The minimum Gasteiger partial charge on any atom is -0.481 e. The number of hydrogen-bond acceptors (Lipinski definition) is 6. The summed E-state index contributed by atoms with van der Waals surface area (Å²) in [5.41, 5.74) is 0. The normalized spacial score (nSPS) is 11.6. The molecule has 9 heteroatoms. The van der Waals surface area contributed by atoms with Gasteiger partial charge < -0.3 is 9.84 Å². The fourth-order valence-corrected chi connectivity index (χ4v) is 4.04. The molecule has 0 unspecified atom stereocenters. The summed E-state index contributed by atoms with van der Waals surface area (Å²) in [6, 6.07) is 2.78. The first-order chi connectivity index (χ1) is 9.27. The Morgan fingerprint density at radius 1 is 1.40 bits per heavy atom. The summed E-state index contributed by atoms with van der Waals surface area (Å²) in [6.07, 6.45) is -0.234. The molecule has 0 radical (unpaired) electrons. The van der Waals surface area contributed by atoms with Gasteiger partial charge in [-0.05, 0) is 19.1 Å². The third kappa shape index (κ3) is 4.29. The van der Waals surface area contributed by atoms with E-state index in [1.54, 1.807) is 6.92 Å². The van der Waals surface area contributed by atoms with E-state index in [2.05, 4.69) is 4.74 Å². The molecule has 0 amide bonds. The number of carboxylic acid groups (broad SMARTS) is 1. The molecule has 0 saturated carbocycles. The Morgan fingerprint density at radius 3 is 2.60 bits per heavy atom. The summed E-state index contributed by atoms with van der Waals surface area (Å²) in [5, 5.41) is 8.65. The highest BCUT2D eigenvalue weighted by atomic mass is 32.2. The predicted octanol–water partition coefficient (Wildman–Crippen LogP) is 0.559. The number of ether oxygens (including phenoxy) is 1. The lowest BCUT2D eigenvalue weighted by atomic mass is 10.3. The summed E-state index contributed by atoms with van der Waals surface area (Å²) < 4.78 is 29.9. The molecule has 0 aromatic carbocycles. The SMILES string of the molecule is CCOC(=O)CN(C)S(=O)(=O)c1ccc(CC(=O)O)s1. The van der Waals surface area contributed by atoms with E-state index in [9.17, 15) is 18.0 Å². The Bertz CT molecular complexity index is 592. The Balaban J connectivity index is 2.84. The van der Waals surface area contributed by atoms with Crippen LogP contribution in [0.5, 0.6) is 0 Å². The van der Waals surface area contributed by atoms with Gasteiger partial charge >= 0.3 is 11.9 Å². The lowest BCUT2D eigenvalue weighted by molar-refractivity contribution is -0.143. The van der Waals surface area contributed by atoms with Crippen molar-refractivity contribution in [2.45, 2.75) is 17.6 Å². The zero-order chi connectivity index (χ0) is 15.3. The molecule has 0 aliphatic carbocycles. The molecule has 0 aliphatic heterocycles. The van der Waals surface area contributed by atoms with Crippen molar-refractivity contribution in [3.63, 3.8) is 0 Å². The first kappa shape index (κ1) is 16.6. The number of hydrogen-bond donors (Lipinski definition) is 1. The quantitative estimate of drug-likeness (QED) is 0.736. The van der Waals surface area contributed by atoms with Crippen LogP contribution in [0.3, 0.4) is 0 Å². The van der Waals surface area contributed by atoms with Crippen molar-refractivity contribution in [3.05, 3.63) is 17.0 Å². The number of nitrogens with zero attached hydrogens (tertiary/aromatic N) is 1. The third-order valence-corrected chi connectivity index (χ3v) is 5.64. The van der Waals surface area contributed by atoms with Crippen molar-refractivity contribution in [3.8, 4) is 0 Å².